The van der Waals surface area contributed by atoms with Gasteiger partial charge in [0, 0.05) is 23.3 Å². The quantitative estimate of drug-likeness (QED) is 0.415. The van der Waals surface area contributed by atoms with E-state index in [4.69, 9.17) is 17.3 Å². The minimum atomic E-state index is -0.737. The molecule has 4 aromatic rings. The van der Waals surface area contributed by atoms with Gasteiger partial charge in [0.05, 0.1) is 17.6 Å². The van der Waals surface area contributed by atoms with Crippen molar-refractivity contribution < 1.29 is 14.4 Å². The molecule has 3 N–H and O–H groups in total. The van der Waals surface area contributed by atoms with Crippen molar-refractivity contribution in [1.29, 1.82) is 0 Å². The van der Waals surface area contributed by atoms with Crippen LogP contribution in [0.1, 0.15) is 23.1 Å². The summed E-state index contributed by atoms with van der Waals surface area (Å²) in [5.74, 6) is -1.20. The Hall–Kier alpha value is -3.69. The van der Waals surface area contributed by atoms with Crippen LogP contribution < -0.4 is 16.0 Å². The minimum Gasteiger partial charge on any atom is -0.363 e. The lowest BCUT2D eigenvalue weighted by atomic mass is 10.2. The molecule has 2 aromatic carbocycles. The molecule has 10 heteroatoms. The summed E-state index contributed by atoms with van der Waals surface area (Å²) in [6.45, 7) is 1.60. The van der Waals surface area contributed by atoms with Gasteiger partial charge in [-0.3, -0.25) is 14.4 Å². The maximum absolute atomic E-state index is 13.5. The average Bonchev–Trinajstić information content (AvgIpc) is 3.40. The molecule has 0 fully saturated rings. The number of carbonyl (C=O) groups excluding carboxylic acids is 3. The molecule has 4 rings (SSSR count). The van der Waals surface area contributed by atoms with Gasteiger partial charge in [0.25, 0.3) is 5.91 Å². The van der Waals surface area contributed by atoms with Gasteiger partial charge in [-0.2, -0.15) is 11.3 Å². The fourth-order valence-electron chi connectivity index (χ4n) is 3.48. The third-order valence-electron chi connectivity index (χ3n) is 4.95. The summed E-state index contributed by atoms with van der Waals surface area (Å²) >= 11 is 7.68. The number of rotatable bonds is 7. The Balaban J connectivity index is 1.70. The van der Waals surface area contributed by atoms with Gasteiger partial charge in [-0.15, -0.1) is 0 Å². The number of anilines is 2. The number of aromatic nitrogens is 2. The number of nitrogens with zero attached hydrogens (tertiary/aromatic N) is 3. The highest BCUT2D eigenvalue weighted by molar-refractivity contribution is 7.07. The van der Waals surface area contributed by atoms with Crippen LogP contribution in [-0.2, 0) is 22.7 Å². The van der Waals surface area contributed by atoms with E-state index in [1.54, 1.807) is 47.4 Å². The average molecular weight is 482 g/mol. The van der Waals surface area contributed by atoms with Crippen LogP contribution in [0.3, 0.4) is 0 Å². The van der Waals surface area contributed by atoms with Crippen molar-refractivity contribution in [3.05, 3.63) is 75.7 Å². The van der Waals surface area contributed by atoms with E-state index in [-0.39, 0.29) is 24.2 Å². The summed E-state index contributed by atoms with van der Waals surface area (Å²) in [6.07, 6.45) is 0. The van der Waals surface area contributed by atoms with Gasteiger partial charge in [-0.1, -0.05) is 11.6 Å². The molecule has 0 bridgehead atoms. The molecule has 33 heavy (non-hydrogen) atoms. The second-order valence-corrected chi connectivity index (χ2v) is 8.57. The van der Waals surface area contributed by atoms with Gasteiger partial charge in [0.15, 0.2) is 5.82 Å². The lowest BCUT2D eigenvalue weighted by molar-refractivity contribution is -0.119. The normalized spacial score (nSPS) is 10.8. The first-order chi connectivity index (χ1) is 15.8. The number of nitrogens with one attached hydrogen (secondary N) is 1. The van der Waals surface area contributed by atoms with E-state index in [9.17, 15) is 14.4 Å². The summed E-state index contributed by atoms with van der Waals surface area (Å²) in [5.41, 5.74) is 8.83. The van der Waals surface area contributed by atoms with Crippen molar-refractivity contribution in [3.63, 3.8) is 0 Å². The first kappa shape index (κ1) is 22.5. The van der Waals surface area contributed by atoms with Crippen molar-refractivity contribution in [1.82, 2.24) is 9.55 Å². The van der Waals surface area contributed by atoms with Crippen LogP contribution in [0.15, 0.2) is 59.3 Å². The molecule has 0 spiro atoms. The number of hydrogen-bond donors (Lipinski definition) is 2. The molecule has 168 valence electrons. The highest BCUT2D eigenvalue weighted by Crippen LogP contribution is 2.24. The van der Waals surface area contributed by atoms with E-state index in [2.05, 4.69) is 10.3 Å². The van der Waals surface area contributed by atoms with E-state index < -0.39 is 5.91 Å². The fraction of sp³-hybridized carbons (Fsp3) is 0.130. The molecule has 0 saturated heterocycles. The highest BCUT2D eigenvalue weighted by atomic mass is 35.5. The van der Waals surface area contributed by atoms with Crippen LogP contribution in [0, 0.1) is 0 Å². The maximum atomic E-state index is 13.5. The lowest BCUT2D eigenvalue weighted by Gasteiger charge is -2.23. The number of primary amides is 1. The topological polar surface area (TPSA) is 110 Å². The number of imidazole rings is 1. The van der Waals surface area contributed by atoms with Crippen molar-refractivity contribution >= 4 is 63.1 Å². The zero-order valence-electron chi connectivity index (χ0n) is 17.6. The van der Waals surface area contributed by atoms with Gasteiger partial charge < -0.3 is 20.5 Å². The zero-order chi connectivity index (χ0) is 23.5. The summed E-state index contributed by atoms with van der Waals surface area (Å²) in [5, 5.41) is 7.07. The van der Waals surface area contributed by atoms with Crippen LogP contribution in [-0.4, -0.2) is 27.3 Å². The fourth-order valence-corrected chi connectivity index (χ4v) is 4.31. The predicted molar refractivity (Wildman–Crippen MR) is 130 cm³/mol. The number of halogens is 1. The number of thiophene rings is 1. The number of amides is 3. The summed E-state index contributed by atoms with van der Waals surface area (Å²) < 4.78 is 1.48. The first-order valence-corrected chi connectivity index (χ1v) is 11.3. The second kappa shape index (κ2) is 9.43. The van der Waals surface area contributed by atoms with Crippen LogP contribution in [0.5, 0.6) is 0 Å². The molecule has 3 amide bonds. The molecule has 8 nitrogen and oxygen atoms in total. The number of hydrogen-bond acceptors (Lipinski definition) is 5. The SMILES string of the molecule is CC(=O)Nc1ccc(N(Cc2ccsc2)C(=O)Cn2c(C(N)=O)nc3ccc(Cl)cc32)cc1. The monoisotopic (exact) mass is 481 g/mol. The van der Waals surface area contributed by atoms with Gasteiger partial charge in [-0.25, -0.2) is 4.98 Å². The van der Waals surface area contributed by atoms with E-state index in [0.29, 0.717) is 34.0 Å². The summed E-state index contributed by atoms with van der Waals surface area (Å²) in [4.78, 5) is 42.8. The molecule has 0 atom stereocenters. The van der Waals surface area contributed by atoms with Gasteiger partial charge in [0.1, 0.15) is 6.54 Å². The second-order valence-electron chi connectivity index (χ2n) is 7.36. The molecule has 0 aliphatic rings. The summed E-state index contributed by atoms with van der Waals surface area (Å²) in [6, 6.07) is 13.9. The van der Waals surface area contributed by atoms with E-state index in [1.165, 1.54) is 22.8 Å². The van der Waals surface area contributed by atoms with Gasteiger partial charge in [-0.05, 0) is 64.9 Å². The number of fused-ring (bicyclic) bond motifs is 1. The van der Waals surface area contributed by atoms with Crippen molar-refractivity contribution in [2.45, 2.75) is 20.0 Å². The lowest BCUT2D eigenvalue weighted by Crippen LogP contribution is -2.34. The van der Waals surface area contributed by atoms with E-state index >= 15 is 0 Å². The Morgan fingerprint density at radius 2 is 1.91 bits per heavy atom. The molecule has 0 aliphatic carbocycles. The molecule has 0 unspecified atom stereocenters. The molecular weight excluding hydrogens is 462 g/mol. The Morgan fingerprint density at radius 3 is 2.55 bits per heavy atom. The maximum Gasteiger partial charge on any atom is 0.284 e. The van der Waals surface area contributed by atoms with Crippen molar-refractivity contribution in [2.24, 2.45) is 5.73 Å². The van der Waals surface area contributed by atoms with Gasteiger partial charge >= 0.3 is 0 Å². The third-order valence-corrected chi connectivity index (χ3v) is 5.91. The molecule has 2 aromatic heterocycles. The van der Waals surface area contributed by atoms with Crippen molar-refractivity contribution in [2.75, 3.05) is 10.2 Å². The minimum absolute atomic E-state index is 0.0166. The zero-order valence-corrected chi connectivity index (χ0v) is 19.2. The Morgan fingerprint density at radius 1 is 1.15 bits per heavy atom. The number of carbonyl (C=O) groups is 3. The Bertz CT molecular complexity index is 1330. The smallest absolute Gasteiger partial charge is 0.284 e. The van der Waals surface area contributed by atoms with Crippen molar-refractivity contribution in [3.8, 4) is 0 Å². The highest BCUT2D eigenvalue weighted by Gasteiger charge is 2.22. The third kappa shape index (κ3) is 5.05. The largest absolute Gasteiger partial charge is 0.363 e. The summed E-state index contributed by atoms with van der Waals surface area (Å²) in [7, 11) is 0. The van der Waals surface area contributed by atoms with Gasteiger partial charge in [0.2, 0.25) is 11.8 Å². The first-order valence-electron chi connectivity index (χ1n) is 9.96. The van der Waals surface area contributed by atoms with E-state index in [0.717, 1.165) is 5.56 Å². The molecular formula is C23H20ClN5O3S. The predicted octanol–water partition coefficient (Wildman–Crippen LogP) is 4.04. The van der Waals surface area contributed by atoms with Crippen LogP contribution in [0.25, 0.3) is 11.0 Å². The van der Waals surface area contributed by atoms with Crippen LogP contribution in [0.2, 0.25) is 5.02 Å². The Labute approximate surface area is 198 Å². The van der Waals surface area contributed by atoms with Crippen LogP contribution >= 0.6 is 22.9 Å². The standard InChI is InChI=1S/C23H20ClN5O3S/c1-14(30)26-17-3-5-18(6-4-17)28(11-15-8-9-33-13-15)21(31)12-29-20-10-16(24)2-7-19(20)27-23(29)22(25)32/h2-10,13H,11-12H2,1H3,(H2,25,32)(H,26,30). The molecule has 0 radical (unpaired) electrons. The molecule has 2 heterocycles. The number of benzene rings is 2. The molecule has 0 saturated carbocycles. The Kier molecular flexibility index (Phi) is 6.43. The van der Waals surface area contributed by atoms with E-state index in [1.807, 2.05) is 16.8 Å². The molecule has 0 aliphatic heterocycles. The van der Waals surface area contributed by atoms with Crippen LogP contribution in [0.4, 0.5) is 11.4 Å². The number of nitrogens with two attached hydrogens (primary N) is 1.